The molecule has 0 bridgehead atoms. The summed E-state index contributed by atoms with van der Waals surface area (Å²) in [5, 5.41) is 0. The number of nitrogens with zero attached hydrogens (tertiary/aromatic N) is 2. The van der Waals surface area contributed by atoms with E-state index in [0.29, 0.717) is 0 Å². The average molecular weight is 227 g/mol. The standard InChI is InChI=1S/C14H17N3/c1-2-17(11-12-7-9-16-10-8-12)14-6-4-3-5-13(14)15/h3-10H,2,11,15H2,1H3. The monoisotopic (exact) mass is 227 g/mol. The van der Waals surface area contributed by atoms with Crippen LogP contribution in [0.5, 0.6) is 0 Å². The molecule has 0 unspecified atom stereocenters. The van der Waals surface area contributed by atoms with Crippen LogP contribution in [0.25, 0.3) is 0 Å². The molecule has 1 aromatic carbocycles. The third kappa shape index (κ3) is 2.75. The maximum atomic E-state index is 6.00. The fraction of sp³-hybridized carbons (Fsp3) is 0.214. The number of anilines is 2. The van der Waals surface area contributed by atoms with Gasteiger partial charge in [-0.15, -0.1) is 0 Å². The Hall–Kier alpha value is -2.03. The molecule has 3 nitrogen and oxygen atoms in total. The minimum atomic E-state index is 0.823. The molecule has 3 heteroatoms. The molecule has 2 rings (SSSR count). The van der Waals surface area contributed by atoms with Gasteiger partial charge in [0, 0.05) is 25.5 Å². The predicted octanol–water partition coefficient (Wildman–Crippen LogP) is 2.69. The second kappa shape index (κ2) is 5.34. The molecule has 0 aliphatic rings. The molecule has 0 aliphatic heterocycles. The lowest BCUT2D eigenvalue weighted by Gasteiger charge is -2.24. The van der Waals surface area contributed by atoms with E-state index in [1.165, 1.54) is 5.56 Å². The van der Waals surface area contributed by atoms with E-state index in [4.69, 9.17) is 5.73 Å². The van der Waals surface area contributed by atoms with Crippen molar-refractivity contribution >= 4 is 11.4 Å². The molecule has 2 N–H and O–H groups in total. The van der Waals surface area contributed by atoms with Crippen molar-refractivity contribution in [2.24, 2.45) is 0 Å². The van der Waals surface area contributed by atoms with Crippen LogP contribution < -0.4 is 10.6 Å². The summed E-state index contributed by atoms with van der Waals surface area (Å²) in [6.07, 6.45) is 3.63. The van der Waals surface area contributed by atoms with E-state index in [-0.39, 0.29) is 0 Å². The molecular formula is C14H17N3. The van der Waals surface area contributed by atoms with Gasteiger partial charge >= 0.3 is 0 Å². The number of pyridine rings is 1. The molecule has 1 aromatic heterocycles. The van der Waals surface area contributed by atoms with E-state index < -0.39 is 0 Å². The Morgan fingerprint density at radius 1 is 1.12 bits per heavy atom. The van der Waals surface area contributed by atoms with Gasteiger partial charge in [-0.05, 0) is 36.8 Å². The molecule has 0 fully saturated rings. The lowest BCUT2D eigenvalue weighted by atomic mass is 10.2. The van der Waals surface area contributed by atoms with Crippen LogP contribution in [-0.4, -0.2) is 11.5 Å². The first-order chi connectivity index (χ1) is 8.31. The van der Waals surface area contributed by atoms with Crippen molar-refractivity contribution in [2.75, 3.05) is 17.2 Å². The molecular weight excluding hydrogens is 210 g/mol. The van der Waals surface area contributed by atoms with Crippen LogP contribution >= 0.6 is 0 Å². The number of nitrogens with two attached hydrogens (primary N) is 1. The lowest BCUT2D eigenvalue weighted by molar-refractivity contribution is 0.832. The molecule has 2 aromatic rings. The lowest BCUT2D eigenvalue weighted by Crippen LogP contribution is -2.22. The summed E-state index contributed by atoms with van der Waals surface area (Å²) in [4.78, 5) is 6.28. The van der Waals surface area contributed by atoms with Gasteiger partial charge in [0.1, 0.15) is 0 Å². The quantitative estimate of drug-likeness (QED) is 0.816. The number of rotatable bonds is 4. The topological polar surface area (TPSA) is 42.2 Å². The number of aromatic nitrogens is 1. The van der Waals surface area contributed by atoms with Crippen LogP contribution in [0.4, 0.5) is 11.4 Å². The molecule has 0 spiro atoms. The maximum Gasteiger partial charge on any atom is 0.0602 e. The first-order valence-electron chi connectivity index (χ1n) is 5.79. The van der Waals surface area contributed by atoms with Crippen molar-refractivity contribution in [3.8, 4) is 0 Å². The summed E-state index contributed by atoms with van der Waals surface area (Å²) < 4.78 is 0. The molecule has 0 atom stereocenters. The highest BCUT2D eigenvalue weighted by Crippen LogP contribution is 2.23. The van der Waals surface area contributed by atoms with Crippen LogP contribution in [0.2, 0.25) is 0 Å². The zero-order valence-electron chi connectivity index (χ0n) is 10.0. The zero-order valence-corrected chi connectivity index (χ0v) is 10.0. The Bertz CT molecular complexity index is 468. The second-order valence-electron chi connectivity index (χ2n) is 3.93. The molecule has 0 saturated carbocycles. The predicted molar refractivity (Wildman–Crippen MR) is 71.8 cm³/mol. The van der Waals surface area contributed by atoms with Crippen LogP contribution in [-0.2, 0) is 6.54 Å². The van der Waals surface area contributed by atoms with E-state index >= 15 is 0 Å². The van der Waals surface area contributed by atoms with Crippen molar-refractivity contribution in [1.82, 2.24) is 4.98 Å². The van der Waals surface area contributed by atoms with E-state index in [9.17, 15) is 0 Å². The average Bonchev–Trinajstić information content (AvgIpc) is 2.38. The molecule has 88 valence electrons. The number of para-hydroxylation sites is 2. The summed E-state index contributed by atoms with van der Waals surface area (Å²) in [7, 11) is 0. The fourth-order valence-corrected chi connectivity index (χ4v) is 1.85. The highest BCUT2D eigenvalue weighted by atomic mass is 15.1. The van der Waals surface area contributed by atoms with Gasteiger partial charge in [0.25, 0.3) is 0 Å². The van der Waals surface area contributed by atoms with Gasteiger partial charge in [-0.1, -0.05) is 12.1 Å². The Balaban J connectivity index is 2.21. The minimum absolute atomic E-state index is 0.823. The molecule has 17 heavy (non-hydrogen) atoms. The fourth-order valence-electron chi connectivity index (χ4n) is 1.85. The Morgan fingerprint density at radius 3 is 2.47 bits per heavy atom. The summed E-state index contributed by atoms with van der Waals surface area (Å²) in [5.74, 6) is 0. The number of hydrogen-bond acceptors (Lipinski definition) is 3. The van der Waals surface area contributed by atoms with E-state index in [0.717, 1.165) is 24.5 Å². The summed E-state index contributed by atoms with van der Waals surface area (Å²) >= 11 is 0. The third-order valence-electron chi connectivity index (χ3n) is 2.78. The van der Waals surface area contributed by atoms with Gasteiger partial charge in [-0.3, -0.25) is 4.98 Å². The molecule has 0 aliphatic carbocycles. The van der Waals surface area contributed by atoms with Gasteiger partial charge in [0.15, 0.2) is 0 Å². The van der Waals surface area contributed by atoms with E-state index in [1.54, 1.807) is 0 Å². The molecule has 0 radical (unpaired) electrons. The van der Waals surface area contributed by atoms with Crippen LogP contribution in [0.15, 0.2) is 48.8 Å². The highest BCUT2D eigenvalue weighted by Gasteiger charge is 2.07. The molecule has 0 amide bonds. The maximum absolute atomic E-state index is 6.00. The Labute approximate surface area is 102 Å². The molecule has 0 saturated heterocycles. The van der Waals surface area contributed by atoms with Crippen LogP contribution in [0.1, 0.15) is 12.5 Å². The Kier molecular flexibility index (Phi) is 3.60. The van der Waals surface area contributed by atoms with Gasteiger partial charge in [0.2, 0.25) is 0 Å². The second-order valence-corrected chi connectivity index (χ2v) is 3.93. The van der Waals surface area contributed by atoms with Crippen molar-refractivity contribution in [3.63, 3.8) is 0 Å². The zero-order chi connectivity index (χ0) is 12.1. The van der Waals surface area contributed by atoms with Gasteiger partial charge < -0.3 is 10.6 Å². The van der Waals surface area contributed by atoms with E-state index in [2.05, 4.69) is 22.9 Å². The number of benzene rings is 1. The van der Waals surface area contributed by atoms with Gasteiger partial charge in [0.05, 0.1) is 11.4 Å². The smallest absolute Gasteiger partial charge is 0.0602 e. The third-order valence-corrected chi connectivity index (χ3v) is 2.78. The first kappa shape index (κ1) is 11.5. The SMILES string of the molecule is CCN(Cc1ccncc1)c1ccccc1N. The largest absolute Gasteiger partial charge is 0.397 e. The van der Waals surface area contributed by atoms with E-state index in [1.807, 2.05) is 42.7 Å². The van der Waals surface area contributed by atoms with Crippen molar-refractivity contribution in [2.45, 2.75) is 13.5 Å². The molecule has 1 heterocycles. The number of hydrogen-bond donors (Lipinski definition) is 1. The van der Waals surface area contributed by atoms with Gasteiger partial charge in [-0.25, -0.2) is 0 Å². The Morgan fingerprint density at radius 2 is 1.82 bits per heavy atom. The van der Waals surface area contributed by atoms with Crippen LogP contribution in [0.3, 0.4) is 0 Å². The van der Waals surface area contributed by atoms with Crippen molar-refractivity contribution in [3.05, 3.63) is 54.4 Å². The first-order valence-corrected chi connectivity index (χ1v) is 5.79. The van der Waals surface area contributed by atoms with Crippen LogP contribution in [0, 0.1) is 0 Å². The summed E-state index contributed by atoms with van der Waals surface area (Å²) in [6, 6.07) is 12.0. The van der Waals surface area contributed by atoms with Crippen molar-refractivity contribution in [1.29, 1.82) is 0 Å². The normalized spacial score (nSPS) is 10.2. The van der Waals surface area contributed by atoms with Gasteiger partial charge in [-0.2, -0.15) is 0 Å². The van der Waals surface area contributed by atoms with Crippen molar-refractivity contribution < 1.29 is 0 Å². The minimum Gasteiger partial charge on any atom is -0.397 e. The summed E-state index contributed by atoms with van der Waals surface area (Å²) in [5.41, 5.74) is 9.15. The highest BCUT2D eigenvalue weighted by molar-refractivity contribution is 5.67. The summed E-state index contributed by atoms with van der Waals surface area (Å²) in [6.45, 7) is 3.91. The number of nitrogen functional groups attached to an aromatic ring is 1.